The Hall–Kier alpha value is -2.97. The van der Waals surface area contributed by atoms with Crippen molar-refractivity contribution in [3.8, 4) is 11.4 Å². The molecule has 1 aromatic heterocycles. The van der Waals surface area contributed by atoms with E-state index in [1.807, 2.05) is 0 Å². The summed E-state index contributed by atoms with van der Waals surface area (Å²) in [5.41, 5.74) is 0.399. The van der Waals surface area contributed by atoms with Crippen LogP contribution in [0.5, 0.6) is 0 Å². The summed E-state index contributed by atoms with van der Waals surface area (Å²) in [4.78, 5) is 36.4. The second-order valence-corrected chi connectivity index (χ2v) is 6.25. The zero-order valence-electron chi connectivity index (χ0n) is 13.8. The number of rotatable bonds is 4. The van der Waals surface area contributed by atoms with E-state index in [1.165, 1.54) is 24.3 Å². The van der Waals surface area contributed by atoms with Crippen LogP contribution < -0.4 is 5.76 Å². The predicted octanol–water partition coefficient (Wildman–Crippen LogP) is 1.67. The van der Waals surface area contributed by atoms with Crippen molar-refractivity contribution in [2.24, 2.45) is 5.92 Å². The molecule has 2 aromatic rings. The summed E-state index contributed by atoms with van der Waals surface area (Å²) < 4.78 is 5.85. The van der Waals surface area contributed by atoms with Crippen molar-refractivity contribution in [2.45, 2.75) is 26.3 Å². The number of hydrogen-bond donors (Lipinski definition) is 0. The van der Waals surface area contributed by atoms with Gasteiger partial charge in [0.2, 0.25) is 5.91 Å². The average molecular weight is 346 g/mol. The molecule has 2 heterocycles. The number of benzene rings is 1. The minimum atomic E-state index is -0.730. The number of amides is 1. The van der Waals surface area contributed by atoms with E-state index in [0.717, 1.165) is 17.4 Å². The monoisotopic (exact) mass is 346 g/mol. The molecule has 132 valence electrons. The van der Waals surface area contributed by atoms with Crippen molar-refractivity contribution in [1.82, 2.24) is 14.6 Å². The Morgan fingerprint density at radius 1 is 1.40 bits per heavy atom. The molecule has 1 aromatic carbocycles. The smallest absolute Gasteiger partial charge is 0.341 e. The molecule has 1 saturated heterocycles. The highest BCUT2D eigenvalue weighted by Crippen LogP contribution is 2.21. The van der Waals surface area contributed by atoms with Crippen LogP contribution in [0.1, 0.15) is 19.8 Å². The molecule has 0 saturated carbocycles. The summed E-state index contributed by atoms with van der Waals surface area (Å²) in [7, 11) is 0. The van der Waals surface area contributed by atoms with Gasteiger partial charge in [-0.2, -0.15) is 0 Å². The molecular formula is C16H18N4O5. The van der Waals surface area contributed by atoms with Gasteiger partial charge in [0.15, 0.2) is 5.82 Å². The van der Waals surface area contributed by atoms with Crippen LogP contribution in [0, 0.1) is 16.0 Å². The maximum atomic E-state index is 12.5. The molecular weight excluding hydrogens is 328 g/mol. The number of nitrogens with zero attached hydrogens (tertiary/aromatic N) is 4. The number of carbonyl (C=O) groups excluding carboxylic acids is 1. The molecule has 0 bridgehead atoms. The summed E-state index contributed by atoms with van der Waals surface area (Å²) in [6.07, 6.45) is 2.03. The van der Waals surface area contributed by atoms with Crippen LogP contribution in [0.4, 0.5) is 5.69 Å². The molecule has 1 fully saturated rings. The fraction of sp³-hybridized carbons (Fsp3) is 0.438. The lowest BCUT2D eigenvalue weighted by Crippen LogP contribution is -2.41. The molecule has 0 radical (unpaired) electrons. The van der Waals surface area contributed by atoms with E-state index in [4.69, 9.17) is 0 Å². The number of nitro benzene ring substituents is 1. The number of nitro groups is 1. The molecule has 0 unspecified atom stereocenters. The molecule has 1 atom stereocenters. The first-order valence-corrected chi connectivity index (χ1v) is 8.05. The molecule has 9 nitrogen and oxygen atoms in total. The van der Waals surface area contributed by atoms with E-state index in [2.05, 4.69) is 16.6 Å². The number of aromatic nitrogens is 2. The van der Waals surface area contributed by atoms with Gasteiger partial charge < -0.3 is 4.90 Å². The quantitative estimate of drug-likeness (QED) is 0.615. The molecule has 1 aliphatic rings. The van der Waals surface area contributed by atoms with E-state index in [1.54, 1.807) is 4.90 Å². The highest BCUT2D eigenvalue weighted by molar-refractivity contribution is 5.76. The molecule has 3 rings (SSSR count). The van der Waals surface area contributed by atoms with Gasteiger partial charge in [-0.15, -0.1) is 0 Å². The Kier molecular flexibility index (Phi) is 4.64. The standard InChI is InChI=1S/C16H18N4O5/c1-11-3-2-8-18(9-11)14(21)10-19-15(17-25-16(19)22)12-4-6-13(7-5-12)20(23)24/h4-7,11H,2-3,8-10H2,1H3/t11-/m0/s1. The zero-order valence-corrected chi connectivity index (χ0v) is 13.8. The molecule has 1 aliphatic heterocycles. The molecule has 25 heavy (non-hydrogen) atoms. The fourth-order valence-electron chi connectivity index (χ4n) is 3.00. The number of likely N-dealkylation sites (tertiary alicyclic amines) is 1. The van der Waals surface area contributed by atoms with Gasteiger partial charge >= 0.3 is 5.76 Å². The third-order valence-corrected chi connectivity index (χ3v) is 4.33. The summed E-state index contributed by atoms with van der Waals surface area (Å²) in [6.45, 7) is 3.27. The lowest BCUT2D eigenvalue weighted by atomic mass is 10.0. The van der Waals surface area contributed by atoms with Crippen LogP contribution >= 0.6 is 0 Å². The third kappa shape index (κ3) is 3.59. The van der Waals surface area contributed by atoms with E-state index in [-0.39, 0.29) is 24.0 Å². The zero-order chi connectivity index (χ0) is 18.0. The molecule has 0 aliphatic carbocycles. The molecule has 1 amide bonds. The van der Waals surface area contributed by atoms with Gasteiger partial charge in [0.05, 0.1) is 4.92 Å². The van der Waals surface area contributed by atoms with Crippen LogP contribution in [0.3, 0.4) is 0 Å². The van der Waals surface area contributed by atoms with Crippen LogP contribution in [0.15, 0.2) is 33.6 Å². The maximum Gasteiger partial charge on any atom is 0.442 e. The van der Waals surface area contributed by atoms with E-state index >= 15 is 0 Å². The van der Waals surface area contributed by atoms with Crippen LogP contribution in [0.2, 0.25) is 0 Å². The van der Waals surface area contributed by atoms with Gasteiger partial charge in [-0.1, -0.05) is 12.1 Å². The summed E-state index contributed by atoms with van der Waals surface area (Å²) >= 11 is 0. The normalized spacial score (nSPS) is 17.5. The predicted molar refractivity (Wildman–Crippen MR) is 87.8 cm³/mol. The Morgan fingerprint density at radius 2 is 2.12 bits per heavy atom. The Bertz CT molecular complexity index is 839. The number of hydrogen-bond acceptors (Lipinski definition) is 6. The van der Waals surface area contributed by atoms with E-state index in [0.29, 0.717) is 24.6 Å². The summed E-state index contributed by atoms with van der Waals surface area (Å²) in [5, 5.41) is 14.4. The Labute approximate surface area is 143 Å². The lowest BCUT2D eigenvalue weighted by Gasteiger charge is -2.30. The van der Waals surface area contributed by atoms with Gasteiger partial charge in [0.25, 0.3) is 5.69 Å². The number of carbonyl (C=O) groups is 1. The molecule has 0 N–H and O–H groups in total. The van der Waals surface area contributed by atoms with Gasteiger partial charge in [-0.05, 0) is 30.9 Å². The topological polar surface area (TPSA) is 111 Å². The van der Waals surface area contributed by atoms with Crippen LogP contribution in [-0.4, -0.2) is 38.5 Å². The lowest BCUT2D eigenvalue weighted by molar-refractivity contribution is -0.384. The van der Waals surface area contributed by atoms with Gasteiger partial charge in [0, 0.05) is 30.8 Å². The first-order chi connectivity index (χ1) is 12.0. The van der Waals surface area contributed by atoms with Crippen molar-refractivity contribution in [1.29, 1.82) is 0 Å². The second-order valence-electron chi connectivity index (χ2n) is 6.25. The van der Waals surface area contributed by atoms with Crippen molar-refractivity contribution in [2.75, 3.05) is 13.1 Å². The fourth-order valence-corrected chi connectivity index (χ4v) is 3.00. The average Bonchev–Trinajstić information content (AvgIpc) is 2.95. The first kappa shape index (κ1) is 16.9. The third-order valence-electron chi connectivity index (χ3n) is 4.33. The van der Waals surface area contributed by atoms with E-state index < -0.39 is 10.7 Å². The minimum Gasteiger partial charge on any atom is -0.341 e. The van der Waals surface area contributed by atoms with Crippen molar-refractivity contribution in [3.63, 3.8) is 0 Å². The van der Waals surface area contributed by atoms with Crippen molar-refractivity contribution >= 4 is 11.6 Å². The minimum absolute atomic E-state index is 0.0699. The van der Waals surface area contributed by atoms with Crippen molar-refractivity contribution < 1.29 is 14.2 Å². The van der Waals surface area contributed by atoms with Gasteiger partial charge in [-0.25, -0.2) is 9.36 Å². The second kappa shape index (κ2) is 6.88. The Morgan fingerprint density at radius 3 is 2.76 bits per heavy atom. The highest BCUT2D eigenvalue weighted by atomic mass is 16.6. The summed E-state index contributed by atoms with van der Waals surface area (Å²) in [6, 6.07) is 5.57. The number of non-ortho nitro benzene ring substituents is 1. The van der Waals surface area contributed by atoms with Gasteiger partial charge in [0.1, 0.15) is 6.54 Å². The molecule has 0 spiro atoms. The molecule has 9 heteroatoms. The maximum absolute atomic E-state index is 12.5. The van der Waals surface area contributed by atoms with E-state index in [9.17, 15) is 19.7 Å². The number of piperidine rings is 1. The highest BCUT2D eigenvalue weighted by Gasteiger charge is 2.24. The Balaban J connectivity index is 1.83. The van der Waals surface area contributed by atoms with Crippen LogP contribution in [0.25, 0.3) is 11.4 Å². The first-order valence-electron chi connectivity index (χ1n) is 8.05. The summed E-state index contributed by atoms with van der Waals surface area (Å²) in [5.74, 6) is -0.281. The van der Waals surface area contributed by atoms with Crippen molar-refractivity contribution in [3.05, 3.63) is 44.9 Å². The largest absolute Gasteiger partial charge is 0.442 e. The van der Waals surface area contributed by atoms with Gasteiger partial charge in [-0.3, -0.25) is 19.4 Å². The van der Waals surface area contributed by atoms with Crippen LogP contribution in [-0.2, 0) is 11.3 Å². The SMILES string of the molecule is C[C@H]1CCCN(C(=O)Cn2c(-c3ccc([N+](=O)[O-])cc3)noc2=O)C1.